The molecule has 120 valence electrons. The van der Waals surface area contributed by atoms with E-state index in [9.17, 15) is 9.90 Å². The number of rotatable bonds is 4. The van der Waals surface area contributed by atoms with Gasteiger partial charge in [-0.2, -0.15) is 0 Å². The molecule has 1 saturated heterocycles. The minimum atomic E-state index is -0.283. The van der Waals surface area contributed by atoms with Gasteiger partial charge in [-0.15, -0.1) is 0 Å². The zero-order valence-corrected chi connectivity index (χ0v) is 13.6. The second-order valence-electron chi connectivity index (χ2n) is 5.96. The fraction of sp³-hybridized carbons (Fsp3) is 0.500. The number of methoxy groups -OCH3 is 1. The van der Waals surface area contributed by atoms with Gasteiger partial charge in [-0.3, -0.25) is 4.79 Å². The number of aliphatic hydroxyl groups is 1. The van der Waals surface area contributed by atoms with Crippen LogP contribution >= 0.6 is 0 Å². The Labute approximate surface area is 132 Å². The summed E-state index contributed by atoms with van der Waals surface area (Å²) in [5.41, 5.74) is 1.97. The summed E-state index contributed by atoms with van der Waals surface area (Å²) in [6, 6.07) is 7.70. The van der Waals surface area contributed by atoms with Crippen molar-refractivity contribution in [2.75, 3.05) is 20.2 Å². The van der Waals surface area contributed by atoms with Gasteiger partial charge in [0.1, 0.15) is 5.75 Å². The fourth-order valence-corrected chi connectivity index (χ4v) is 2.82. The fourth-order valence-electron chi connectivity index (χ4n) is 2.82. The Bertz CT molecular complexity index is 526. The first-order chi connectivity index (χ1) is 10.5. The third-order valence-electron chi connectivity index (χ3n) is 4.42. The summed E-state index contributed by atoms with van der Waals surface area (Å²) in [5, 5.41) is 9.61. The van der Waals surface area contributed by atoms with Crippen molar-refractivity contribution in [1.82, 2.24) is 4.90 Å². The van der Waals surface area contributed by atoms with Crippen molar-refractivity contribution in [3.8, 4) is 5.75 Å². The number of ether oxygens (including phenoxy) is 1. The van der Waals surface area contributed by atoms with E-state index in [2.05, 4.69) is 0 Å². The van der Waals surface area contributed by atoms with Crippen molar-refractivity contribution in [2.45, 2.75) is 32.8 Å². The Morgan fingerprint density at radius 3 is 2.41 bits per heavy atom. The SMILES string of the molecule is COc1ccc(C(C)=CC(=O)N2CCC(C(C)O)CC2)cc1. The molecule has 1 aromatic carbocycles. The quantitative estimate of drug-likeness (QED) is 0.870. The van der Waals surface area contributed by atoms with Crippen LogP contribution in [0.25, 0.3) is 5.57 Å². The zero-order valence-electron chi connectivity index (χ0n) is 13.6. The van der Waals surface area contributed by atoms with Gasteiger partial charge in [-0.05, 0) is 55.9 Å². The summed E-state index contributed by atoms with van der Waals surface area (Å²) < 4.78 is 5.14. The normalized spacial score (nSPS) is 18.2. The number of carbonyl (C=O) groups is 1. The number of allylic oxidation sites excluding steroid dienone is 1. The number of benzene rings is 1. The Balaban J connectivity index is 1.97. The van der Waals surface area contributed by atoms with Gasteiger partial charge in [0.25, 0.3) is 0 Å². The molecule has 1 fully saturated rings. The maximum absolute atomic E-state index is 12.3. The van der Waals surface area contributed by atoms with E-state index < -0.39 is 0 Å². The number of aliphatic hydroxyl groups excluding tert-OH is 1. The van der Waals surface area contributed by atoms with Gasteiger partial charge in [-0.1, -0.05) is 12.1 Å². The third-order valence-corrected chi connectivity index (χ3v) is 4.42. The lowest BCUT2D eigenvalue weighted by atomic mass is 9.92. The van der Waals surface area contributed by atoms with Crippen LogP contribution in [0.1, 0.15) is 32.3 Å². The molecule has 1 unspecified atom stereocenters. The van der Waals surface area contributed by atoms with Crippen molar-refractivity contribution in [3.63, 3.8) is 0 Å². The second kappa shape index (κ2) is 7.45. The van der Waals surface area contributed by atoms with E-state index in [1.807, 2.05) is 43.0 Å². The highest BCUT2D eigenvalue weighted by molar-refractivity contribution is 5.94. The van der Waals surface area contributed by atoms with E-state index in [1.165, 1.54) is 0 Å². The first-order valence-electron chi connectivity index (χ1n) is 7.81. The molecule has 0 saturated carbocycles. The van der Waals surface area contributed by atoms with Crippen LogP contribution in [0.2, 0.25) is 0 Å². The van der Waals surface area contributed by atoms with Gasteiger partial charge >= 0.3 is 0 Å². The van der Waals surface area contributed by atoms with Crippen LogP contribution in [0.4, 0.5) is 0 Å². The van der Waals surface area contributed by atoms with Crippen LogP contribution in [-0.4, -0.2) is 42.2 Å². The number of likely N-dealkylation sites (tertiary alicyclic amines) is 1. The van der Waals surface area contributed by atoms with E-state index in [4.69, 9.17) is 4.74 Å². The highest BCUT2D eigenvalue weighted by atomic mass is 16.5. The number of amides is 1. The number of piperidine rings is 1. The first kappa shape index (κ1) is 16.6. The van der Waals surface area contributed by atoms with Crippen LogP contribution in [0.5, 0.6) is 5.75 Å². The summed E-state index contributed by atoms with van der Waals surface area (Å²) in [6.07, 6.45) is 3.16. The molecule has 1 N–H and O–H groups in total. The minimum Gasteiger partial charge on any atom is -0.497 e. The maximum atomic E-state index is 12.3. The van der Waals surface area contributed by atoms with Crippen LogP contribution in [0.3, 0.4) is 0 Å². The van der Waals surface area contributed by atoms with Gasteiger partial charge in [0, 0.05) is 19.2 Å². The van der Waals surface area contributed by atoms with Crippen LogP contribution in [0.15, 0.2) is 30.3 Å². The molecule has 4 heteroatoms. The number of nitrogens with zero attached hydrogens (tertiary/aromatic N) is 1. The molecule has 0 radical (unpaired) electrons. The molecule has 22 heavy (non-hydrogen) atoms. The van der Waals surface area contributed by atoms with Crippen molar-refractivity contribution in [3.05, 3.63) is 35.9 Å². The average Bonchev–Trinajstić information content (AvgIpc) is 2.54. The molecule has 1 aliphatic rings. The molecule has 1 amide bonds. The molecule has 1 aromatic rings. The summed E-state index contributed by atoms with van der Waals surface area (Å²) in [4.78, 5) is 14.2. The van der Waals surface area contributed by atoms with Crippen molar-refractivity contribution < 1.29 is 14.6 Å². The van der Waals surface area contributed by atoms with E-state index in [1.54, 1.807) is 13.2 Å². The molecule has 4 nitrogen and oxygen atoms in total. The van der Waals surface area contributed by atoms with Gasteiger partial charge < -0.3 is 14.7 Å². The molecular formula is C18H25NO3. The monoisotopic (exact) mass is 303 g/mol. The minimum absolute atomic E-state index is 0.0531. The number of carbonyl (C=O) groups excluding carboxylic acids is 1. The van der Waals surface area contributed by atoms with E-state index in [-0.39, 0.29) is 12.0 Å². The Kier molecular flexibility index (Phi) is 5.61. The van der Waals surface area contributed by atoms with E-state index >= 15 is 0 Å². The van der Waals surface area contributed by atoms with Gasteiger partial charge in [-0.25, -0.2) is 0 Å². The zero-order chi connectivity index (χ0) is 16.1. The molecule has 1 atom stereocenters. The third kappa shape index (κ3) is 4.10. The second-order valence-corrected chi connectivity index (χ2v) is 5.96. The number of hydrogen-bond donors (Lipinski definition) is 1. The molecular weight excluding hydrogens is 278 g/mol. The molecule has 1 aliphatic heterocycles. The van der Waals surface area contributed by atoms with Gasteiger partial charge in [0.2, 0.25) is 5.91 Å². The topological polar surface area (TPSA) is 49.8 Å². The highest BCUT2D eigenvalue weighted by Gasteiger charge is 2.24. The highest BCUT2D eigenvalue weighted by Crippen LogP contribution is 2.22. The van der Waals surface area contributed by atoms with E-state index in [0.717, 1.165) is 42.8 Å². The summed E-state index contributed by atoms with van der Waals surface area (Å²) in [6.45, 7) is 5.22. The van der Waals surface area contributed by atoms with Crippen molar-refractivity contribution in [1.29, 1.82) is 0 Å². The van der Waals surface area contributed by atoms with Gasteiger partial charge in [0.15, 0.2) is 0 Å². The van der Waals surface area contributed by atoms with Crippen LogP contribution in [-0.2, 0) is 4.79 Å². The predicted octanol–water partition coefficient (Wildman–Crippen LogP) is 2.72. The standard InChI is InChI=1S/C18H25NO3/c1-13(15-4-6-17(22-3)7-5-15)12-18(21)19-10-8-16(9-11-19)14(2)20/h4-7,12,14,16,20H,8-11H2,1-3H3. The molecule has 1 heterocycles. The Hall–Kier alpha value is -1.81. The van der Waals surface area contributed by atoms with Crippen LogP contribution < -0.4 is 4.74 Å². The first-order valence-corrected chi connectivity index (χ1v) is 7.81. The summed E-state index contributed by atoms with van der Waals surface area (Å²) in [7, 11) is 1.64. The lowest BCUT2D eigenvalue weighted by Crippen LogP contribution is -2.40. The molecule has 2 rings (SSSR count). The molecule has 0 aliphatic carbocycles. The maximum Gasteiger partial charge on any atom is 0.246 e. The summed E-state index contributed by atoms with van der Waals surface area (Å²) in [5.74, 6) is 1.18. The lowest BCUT2D eigenvalue weighted by Gasteiger charge is -2.32. The van der Waals surface area contributed by atoms with Crippen LogP contribution in [0, 0.1) is 5.92 Å². The lowest BCUT2D eigenvalue weighted by molar-refractivity contribution is -0.127. The Morgan fingerprint density at radius 2 is 1.91 bits per heavy atom. The molecule has 0 bridgehead atoms. The van der Waals surface area contributed by atoms with Crippen molar-refractivity contribution >= 4 is 11.5 Å². The van der Waals surface area contributed by atoms with Gasteiger partial charge in [0.05, 0.1) is 13.2 Å². The van der Waals surface area contributed by atoms with E-state index in [0.29, 0.717) is 5.92 Å². The molecule has 0 aromatic heterocycles. The largest absolute Gasteiger partial charge is 0.497 e. The smallest absolute Gasteiger partial charge is 0.246 e. The van der Waals surface area contributed by atoms with Crippen molar-refractivity contribution in [2.24, 2.45) is 5.92 Å². The Morgan fingerprint density at radius 1 is 1.32 bits per heavy atom. The summed E-state index contributed by atoms with van der Waals surface area (Å²) >= 11 is 0. The predicted molar refractivity (Wildman–Crippen MR) is 87.6 cm³/mol. The number of hydrogen-bond acceptors (Lipinski definition) is 3. The average molecular weight is 303 g/mol. The molecule has 0 spiro atoms.